The number of unbranched alkanes of at least 4 members (excludes halogenated alkanes) is 5. The molecule has 2 atom stereocenters. The zero-order valence-electron chi connectivity index (χ0n) is 18.2. The molecule has 0 N–H and O–H groups in total. The number of carbonyl (C=O) groups excluding carboxylic acids is 2. The Morgan fingerprint density at radius 1 is 0.600 bits per heavy atom. The lowest BCUT2D eigenvalue weighted by Gasteiger charge is -2.14. The van der Waals surface area contributed by atoms with Crippen molar-refractivity contribution >= 4 is 11.9 Å². The smallest absolute Gasteiger partial charge is 0.338 e. The van der Waals surface area contributed by atoms with Crippen molar-refractivity contribution in [2.45, 2.75) is 77.4 Å². The number of benzene rings is 2. The number of esters is 2. The van der Waals surface area contributed by atoms with E-state index < -0.39 is 0 Å². The molecule has 0 fully saturated rings. The van der Waals surface area contributed by atoms with E-state index in [1.807, 2.05) is 50.2 Å². The van der Waals surface area contributed by atoms with Crippen molar-refractivity contribution in [3.63, 3.8) is 0 Å². The fourth-order valence-electron chi connectivity index (χ4n) is 3.34. The van der Waals surface area contributed by atoms with E-state index in [-0.39, 0.29) is 24.1 Å². The van der Waals surface area contributed by atoms with Crippen molar-refractivity contribution in [1.29, 1.82) is 0 Å². The summed E-state index contributed by atoms with van der Waals surface area (Å²) in [6.07, 6.45) is 8.45. The average molecular weight is 411 g/mol. The second-order valence-corrected chi connectivity index (χ2v) is 7.86. The third kappa shape index (κ3) is 9.25. The summed E-state index contributed by atoms with van der Waals surface area (Å²) in [4.78, 5) is 24.0. The molecule has 2 aromatic rings. The molecule has 0 heterocycles. The average Bonchev–Trinajstić information content (AvgIpc) is 2.76. The van der Waals surface area contributed by atoms with E-state index in [1.165, 1.54) is 12.8 Å². The summed E-state index contributed by atoms with van der Waals surface area (Å²) in [6.45, 7) is 3.91. The van der Waals surface area contributed by atoms with Crippen molar-refractivity contribution in [2.75, 3.05) is 0 Å². The Morgan fingerprint density at radius 2 is 0.933 bits per heavy atom. The van der Waals surface area contributed by atoms with Crippen LogP contribution in [0.3, 0.4) is 0 Å². The minimum absolute atomic E-state index is 0.0575. The van der Waals surface area contributed by atoms with Crippen LogP contribution in [0.1, 0.15) is 85.9 Å². The third-order valence-electron chi connectivity index (χ3n) is 5.11. The lowest BCUT2D eigenvalue weighted by atomic mass is 10.1. The van der Waals surface area contributed by atoms with Crippen LogP contribution in [-0.2, 0) is 9.47 Å². The van der Waals surface area contributed by atoms with Gasteiger partial charge in [-0.2, -0.15) is 0 Å². The Bertz CT molecular complexity index is 677. The first-order chi connectivity index (χ1) is 14.6. The van der Waals surface area contributed by atoms with Gasteiger partial charge in [-0.1, -0.05) is 62.1 Å². The number of hydrogen-bond acceptors (Lipinski definition) is 4. The molecule has 0 aliphatic carbocycles. The summed E-state index contributed by atoms with van der Waals surface area (Å²) >= 11 is 0. The largest absolute Gasteiger partial charge is 0.459 e. The quantitative estimate of drug-likeness (QED) is 0.276. The van der Waals surface area contributed by atoms with E-state index in [2.05, 4.69) is 0 Å². The summed E-state index contributed by atoms with van der Waals surface area (Å²) in [5.74, 6) is -0.490. The zero-order valence-corrected chi connectivity index (χ0v) is 18.2. The van der Waals surface area contributed by atoms with Crippen LogP contribution < -0.4 is 0 Å². The number of rotatable bonds is 13. The Labute approximate surface area is 180 Å². The predicted molar refractivity (Wildman–Crippen MR) is 120 cm³/mol. The molecule has 2 rings (SSSR count). The van der Waals surface area contributed by atoms with Crippen LogP contribution in [0.5, 0.6) is 0 Å². The van der Waals surface area contributed by atoms with Crippen LogP contribution >= 0.6 is 0 Å². The van der Waals surface area contributed by atoms with Crippen LogP contribution in [-0.4, -0.2) is 24.1 Å². The fourth-order valence-corrected chi connectivity index (χ4v) is 3.34. The van der Waals surface area contributed by atoms with Crippen LogP contribution in [0.2, 0.25) is 0 Å². The molecular formula is C26H34O4. The van der Waals surface area contributed by atoms with Gasteiger partial charge in [0, 0.05) is 0 Å². The molecule has 0 radical (unpaired) electrons. The lowest BCUT2D eigenvalue weighted by Crippen LogP contribution is -2.15. The molecule has 30 heavy (non-hydrogen) atoms. The van der Waals surface area contributed by atoms with Crippen LogP contribution in [0.25, 0.3) is 0 Å². The van der Waals surface area contributed by atoms with E-state index in [0.717, 1.165) is 38.5 Å². The van der Waals surface area contributed by atoms with E-state index in [0.29, 0.717) is 11.1 Å². The summed E-state index contributed by atoms with van der Waals surface area (Å²) in [5.41, 5.74) is 1.21. The molecule has 0 aliphatic rings. The second kappa shape index (κ2) is 13.6. The van der Waals surface area contributed by atoms with Crippen LogP contribution in [0.15, 0.2) is 60.7 Å². The highest BCUT2D eigenvalue weighted by molar-refractivity contribution is 5.89. The zero-order chi connectivity index (χ0) is 21.6. The van der Waals surface area contributed by atoms with Crippen LogP contribution in [0.4, 0.5) is 0 Å². The van der Waals surface area contributed by atoms with E-state index in [4.69, 9.17) is 9.47 Å². The normalized spacial score (nSPS) is 12.7. The van der Waals surface area contributed by atoms with Crippen molar-refractivity contribution in [3.05, 3.63) is 71.8 Å². The Morgan fingerprint density at radius 3 is 1.30 bits per heavy atom. The van der Waals surface area contributed by atoms with E-state index in [9.17, 15) is 9.59 Å². The van der Waals surface area contributed by atoms with Gasteiger partial charge in [0.05, 0.1) is 23.3 Å². The maximum atomic E-state index is 12.0. The summed E-state index contributed by atoms with van der Waals surface area (Å²) in [7, 11) is 0. The van der Waals surface area contributed by atoms with Gasteiger partial charge >= 0.3 is 11.9 Å². The number of ether oxygens (including phenoxy) is 2. The summed E-state index contributed by atoms with van der Waals surface area (Å²) in [6, 6.07) is 18.2. The SMILES string of the molecule is C[C@H](CCCCCCCC[C@H](C)OC(=O)c1ccccc1)OC(=O)c1ccccc1. The van der Waals surface area contributed by atoms with Gasteiger partial charge in [0.15, 0.2) is 0 Å². The van der Waals surface area contributed by atoms with E-state index >= 15 is 0 Å². The van der Waals surface area contributed by atoms with Gasteiger partial charge in [-0.3, -0.25) is 0 Å². The maximum Gasteiger partial charge on any atom is 0.338 e. The van der Waals surface area contributed by atoms with Gasteiger partial charge in [0.2, 0.25) is 0 Å². The molecule has 0 bridgehead atoms. The minimum atomic E-state index is -0.245. The standard InChI is InChI=1S/C26H34O4/c1-21(29-25(27)23-17-11-7-12-18-23)15-9-5-3-4-6-10-16-22(2)30-26(28)24-19-13-8-14-20-24/h7-8,11-14,17-22H,3-6,9-10,15-16H2,1-2H3/t21-,22+. The topological polar surface area (TPSA) is 52.6 Å². The second-order valence-electron chi connectivity index (χ2n) is 7.86. The molecule has 162 valence electrons. The highest BCUT2D eigenvalue weighted by atomic mass is 16.5. The van der Waals surface area contributed by atoms with Crippen molar-refractivity contribution in [2.24, 2.45) is 0 Å². The van der Waals surface area contributed by atoms with Gasteiger partial charge < -0.3 is 9.47 Å². The number of hydrogen-bond donors (Lipinski definition) is 0. The van der Waals surface area contributed by atoms with Gasteiger partial charge in [-0.05, 0) is 63.8 Å². The van der Waals surface area contributed by atoms with Crippen molar-refractivity contribution < 1.29 is 19.1 Å². The lowest BCUT2D eigenvalue weighted by molar-refractivity contribution is 0.0307. The minimum Gasteiger partial charge on any atom is -0.459 e. The molecule has 0 saturated carbocycles. The van der Waals surface area contributed by atoms with Crippen LogP contribution in [0, 0.1) is 0 Å². The third-order valence-corrected chi connectivity index (χ3v) is 5.11. The first-order valence-corrected chi connectivity index (χ1v) is 11.1. The summed E-state index contributed by atoms with van der Waals surface area (Å²) in [5, 5.41) is 0. The van der Waals surface area contributed by atoms with Gasteiger partial charge in [-0.15, -0.1) is 0 Å². The van der Waals surface area contributed by atoms with Crippen molar-refractivity contribution in [1.82, 2.24) is 0 Å². The first-order valence-electron chi connectivity index (χ1n) is 11.1. The molecule has 2 aromatic carbocycles. The molecule has 4 heteroatoms. The predicted octanol–water partition coefficient (Wildman–Crippen LogP) is 6.60. The highest BCUT2D eigenvalue weighted by Crippen LogP contribution is 2.14. The van der Waals surface area contributed by atoms with Gasteiger partial charge in [0.1, 0.15) is 0 Å². The summed E-state index contributed by atoms with van der Waals surface area (Å²) < 4.78 is 11.0. The molecule has 0 aromatic heterocycles. The van der Waals surface area contributed by atoms with E-state index in [1.54, 1.807) is 24.3 Å². The first kappa shape index (κ1) is 23.7. The molecule has 0 amide bonds. The Balaban J connectivity index is 1.46. The molecular weight excluding hydrogens is 376 g/mol. The maximum absolute atomic E-state index is 12.0. The molecule has 0 aliphatic heterocycles. The number of carbonyl (C=O) groups is 2. The molecule has 0 unspecified atom stereocenters. The monoisotopic (exact) mass is 410 g/mol. The molecule has 0 spiro atoms. The highest BCUT2D eigenvalue weighted by Gasteiger charge is 2.12. The van der Waals surface area contributed by atoms with Gasteiger partial charge in [0.25, 0.3) is 0 Å². The van der Waals surface area contributed by atoms with Gasteiger partial charge in [-0.25, -0.2) is 9.59 Å². The Hall–Kier alpha value is -2.62. The Kier molecular flexibility index (Phi) is 10.7. The molecule has 0 saturated heterocycles. The fraction of sp³-hybridized carbons (Fsp3) is 0.462. The van der Waals surface area contributed by atoms with Crippen molar-refractivity contribution in [3.8, 4) is 0 Å². The molecule has 4 nitrogen and oxygen atoms in total.